The lowest BCUT2D eigenvalue weighted by Gasteiger charge is -2.16. The number of non-ortho nitro benzene ring substituents is 1. The maximum atomic E-state index is 12.1. The van der Waals surface area contributed by atoms with Crippen LogP contribution in [0.25, 0.3) is 0 Å². The minimum atomic E-state index is -0.610. The van der Waals surface area contributed by atoms with Crippen LogP contribution < -0.4 is 0 Å². The van der Waals surface area contributed by atoms with Crippen molar-refractivity contribution in [3.63, 3.8) is 0 Å². The summed E-state index contributed by atoms with van der Waals surface area (Å²) in [6, 6.07) is 13.5. The molecule has 0 aliphatic heterocycles. The van der Waals surface area contributed by atoms with Crippen molar-refractivity contribution in [2.75, 3.05) is 7.11 Å². The summed E-state index contributed by atoms with van der Waals surface area (Å²) in [5.41, 5.74) is 1.35. The minimum Gasteiger partial charge on any atom is -0.469 e. The van der Waals surface area contributed by atoms with E-state index in [1.807, 2.05) is 30.3 Å². The summed E-state index contributed by atoms with van der Waals surface area (Å²) in [6.45, 7) is 0. The number of rotatable bonds is 5. The van der Waals surface area contributed by atoms with E-state index in [0.717, 1.165) is 5.56 Å². The number of esters is 1. The Labute approximate surface area is 132 Å². The molecule has 0 amide bonds. The summed E-state index contributed by atoms with van der Waals surface area (Å²) in [5.74, 6) is -1.04. The number of nitro benzene ring substituents is 1. The first-order valence-corrected chi connectivity index (χ1v) is 6.96. The van der Waals surface area contributed by atoms with Crippen LogP contribution in [0.2, 0.25) is 5.02 Å². The molecule has 2 rings (SSSR count). The lowest BCUT2D eigenvalue weighted by atomic mass is 9.92. The maximum absolute atomic E-state index is 12.1. The van der Waals surface area contributed by atoms with Gasteiger partial charge >= 0.3 is 5.97 Å². The lowest BCUT2D eigenvalue weighted by molar-refractivity contribution is -0.384. The Morgan fingerprint density at radius 1 is 1.27 bits per heavy atom. The monoisotopic (exact) mass is 319 g/mol. The average molecular weight is 320 g/mol. The van der Waals surface area contributed by atoms with Crippen LogP contribution in [-0.4, -0.2) is 18.0 Å². The summed E-state index contributed by atoms with van der Waals surface area (Å²) in [6.07, 6.45) is 0.408. The van der Waals surface area contributed by atoms with Gasteiger partial charge < -0.3 is 4.74 Å². The SMILES string of the molecule is COC(=O)C(Cc1ccccc1)c1ccc([N+](=O)[O-])cc1Cl. The van der Waals surface area contributed by atoms with Gasteiger partial charge in [0.25, 0.3) is 5.69 Å². The van der Waals surface area contributed by atoms with E-state index in [0.29, 0.717) is 12.0 Å². The van der Waals surface area contributed by atoms with Gasteiger partial charge in [0.1, 0.15) is 0 Å². The zero-order chi connectivity index (χ0) is 16.1. The molecule has 0 aromatic heterocycles. The molecule has 2 aromatic rings. The van der Waals surface area contributed by atoms with Crippen molar-refractivity contribution in [3.8, 4) is 0 Å². The third kappa shape index (κ3) is 3.62. The van der Waals surface area contributed by atoms with Crippen LogP contribution in [-0.2, 0) is 16.0 Å². The number of methoxy groups -OCH3 is 1. The van der Waals surface area contributed by atoms with Gasteiger partial charge in [-0.15, -0.1) is 0 Å². The normalized spacial score (nSPS) is 11.7. The number of carbonyl (C=O) groups is 1. The van der Waals surface area contributed by atoms with Crippen LogP contribution in [0.5, 0.6) is 0 Å². The molecule has 0 spiro atoms. The highest BCUT2D eigenvalue weighted by Gasteiger charge is 2.25. The predicted octanol–water partition coefficient (Wildman–Crippen LogP) is 3.75. The van der Waals surface area contributed by atoms with Gasteiger partial charge in [-0.1, -0.05) is 41.9 Å². The molecule has 0 saturated heterocycles. The number of hydrogen-bond acceptors (Lipinski definition) is 4. The maximum Gasteiger partial charge on any atom is 0.313 e. The molecule has 0 heterocycles. The molecular weight excluding hydrogens is 306 g/mol. The minimum absolute atomic E-state index is 0.114. The second-order valence-electron chi connectivity index (χ2n) is 4.73. The molecule has 0 bridgehead atoms. The topological polar surface area (TPSA) is 69.4 Å². The van der Waals surface area contributed by atoms with Crippen LogP contribution >= 0.6 is 11.6 Å². The van der Waals surface area contributed by atoms with E-state index >= 15 is 0 Å². The fraction of sp³-hybridized carbons (Fsp3) is 0.188. The average Bonchev–Trinajstić information content (AvgIpc) is 2.53. The number of benzene rings is 2. The predicted molar refractivity (Wildman–Crippen MR) is 83.0 cm³/mol. The first kappa shape index (κ1) is 16.0. The Bertz CT molecular complexity index is 688. The molecule has 1 unspecified atom stereocenters. The standard InChI is InChI=1S/C16H14ClNO4/c1-22-16(19)14(9-11-5-3-2-4-6-11)13-8-7-12(18(20)21)10-15(13)17/h2-8,10,14H,9H2,1H3. The van der Waals surface area contributed by atoms with E-state index in [-0.39, 0.29) is 10.7 Å². The summed E-state index contributed by atoms with van der Waals surface area (Å²) < 4.78 is 4.84. The van der Waals surface area contributed by atoms with Crippen molar-refractivity contribution in [3.05, 3.63) is 74.8 Å². The number of ether oxygens (including phenoxy) is 1. The number of nitro groups is 1. The van der Waals surface area contributed by atoms with E-state index in [9.17, 15) is 14.9 Å². The van der Waals surface area contributed by atoms with Crippen LogP contribution in [0.3, 0.4) is 0 Å². The first-order valence-electron chi connectivity index (χ1n) is 6.58. The zero-order valence-corrected chi connectivity index (χ0v) is 12.6. The Hall–Kier alpha value is -2.40. The number of nitrogens with zero attached hydrogens (tertiary/aromatic N) is 1. The molecule has 0 aliphatic carbocycles. The van der Waals surface area contributed by atoms with Crippen molar-refractivity contribution in [1.29, 1.82) is 0 Å². The molecule has 0 N–H and O–H groups in total. The fourth-order valence-corrected chi connectivity index (χ4v) is 2.53. The molecule has 114 valence electrons. The molecule has 0 aliphatic rings. The molecule has 0 saturated carbocycles. The van der Waals surface area contributed by atoms with E-state index < -0.39 is 16.8 Å². The van der Waals surface area contributed by atoms with Crippen LogP contribution in [0.1, 0.15) is 17.0 Å². The van der Waals surface area contributed by atoms with Crippen molar-refractivity contribution >= 4 is 23.3 Å². The van der Waals surface area contributed by atoms with Crippen molar-refractivity contribution < 1.29 is 14.5 Å². The van der Waals surface area contributed by atoms with Crippen molar-refractivity contribution in [1.82, 2.24) is 0 Å². The second kappa shape index (κ2) is 7.04. The summed E-state index contributed by atoms with van der Waals surface area (Å²) in [5, 5.41) is 11.0. The second-order valence-corrected chi connectivity index (χ2v) is 5.14. The first-order chi connectivity index (χ1) is 10.5. The number of halogens is 1. The summed E-state index contributed by atoms with van der Waals surface area (Å²) in [4.78, 5) is 22.3. The highest BCUT2D eigenvalue weighted by atomic mass is 35.5. The zero-order valence-electron chi connectivity index (χ0n) is 11.9. The van der Waals surface area contributed by atoms with Crippen molar-refractivity contribution in [2.45, 2.75) is 12.3 Å². The van der Waals surface area contributed by atoms with Gasteiger partial charge in [0.15, 0.2) is 0 Å². The van der Waals surface area contributed by atoms with Gasteiger partial charge in [0, 0.05) is 12.1 Å². The van der Waals surface area contributed by atoms with Crippen LogP contribution in [0.15, 0.2) is 48.5 Å². The van der Waals surface area contributed by atoms with Gasteiger partial charge in [0.2, 0.25) is 0 Å². The molecule has 5 nitrogen and oxygen atoms in total. The highest BCUT2D eigenvalue weighted by molar-refractivity contribution is 6.31. The van der Waals surface area contributed by atoms with Crippen LogP contribution in [0, 0.1) is 10.1 Å². The van der Waals surface area contributed by atoms with Crippen LogP contribution in [0.4, 0.5) is 5.69 Å². The molecule has 6 heteroatoms. The van der Waals surface area contributed by atoms with Gasteiger partial charge in [-0.25, -0.2) is 0 Å². The number of hydrogen-bond donors (Lipinski definition) is 0. The van der Waals surface area contributed by atoms with E-state index in [4.69, 9.17) is 16.3 Å². The van der Waals surface area contributed by atoms with E-state index in [1.54, 1.807) is 0 Å². The molecule has 0 fully saturated rings. The summed E-state index contributed by atoms with van der Waals surface area (Å²) >= 11 is 6.12. The van der Waals surface area contributed by atoms with E-state index in [2.05, 4.69) is 0 Å². The lowest BCUT2D eigenvalue weighted by Crippen LogP contribution is -2.17. The molecule has 22 heavy (non-hydrogen) atoms. The Kier molecular flexibility index (Phi) is 5.12. The Balaban J connectivity index is 2.37. The Morgan fingerprint density at radius 2 is 1.95 bits per heavy atom. The quantitative estimate of drug-likeness (QED) is 0.478. The molecular formula is C16H14ClNO4. The smallest absolute Gasteiger partial charge is 0.313 e. The largest absolute Gasteiger partial charge is 0.469 e. The highest BCUT2D eigenvalue weighted by Crippen LogP contribution is 2.31. The van der Waals surface area contributed by atoms with Gasteiger partial charge in [-0.05, 0) is 23.6 Å². The number of carbonyl (C=O) groups excluding carboxylic acids is 1. The third-order valence-corrected chi connectivity index (χ3v) is 3.67. The Morgan fingerprint density at radius 3 is 2.50 bits per heavy atom. The third-order valence-electron chi connectivity index (χ3n) is 3.34. The summed E-state index contributed by atoms with van der Waals surface area (Å²) in [7, 11) is 1.31. The van der Waals surface area contributed by atoms with Gasteiger partial charge in [-0.2, -0.15) is 0 Å². The molecule has 2 aromatic carbocycles. The van der Waals surface area contributed by atoms with Crippen molar-refractivity contribution in [2.24, 2.45) is 0 Å². The molecule has 0 radical (unpaired) electrons. The van der Waals surface area contributed by atoms with Gasteiger partial charge in [0.05, 0.1) is 23.0 Å². The fourth-order valence-electron chi connectivity index (χ4n) is 2.22. The molecule has 1 atom stereocenters. The van der Waals surface area contributed by atoms with Gasteiger partial charge in [-0.3, -0.25) is 14.9 Å². The van der Waals surface area contributed by atoms with E-state index in [1.165, 1.54) is 25.3 Å².